The van der Waals surface area contributed by atoms with Crippen LogP contribution in [0.1, 0.15) is 25.6 Å². The fourth-order valence-corrected chi connectivity index (χ4v) is 2.90. The van der Waals surface area contributed by atoms with Crippen LogP contribution >= 0.6 is 11.8 Å². The van der Waals surface area contributed by atoms with Gasteiger partial charge in [-0.05, 0) is 43.9 Å². The quantitative estimate of drug-likeness (QED) is 0.443. The van der Waals surface area contributed by atoms with Crippen LogP contribution in [-0.4, -0.2) is 40.6 Å². The maximum Gasteiger partial charge on any atom is 0.191 e. The van der Waals surface area contributed by atoms with Gasteiger partial charge in [0.25, 0.3) is 0 Å². The number of unbranched alkanes of at least 4 members (excludes halogenated alkanes) is 1. The lowest BCUT2D eigenvalue weighted by atomic mass is 10.3. The van der Waals surface area contributed by atoms with Gasteiger partial charge in [0.2, 0.25) is 0 Å². The molecule has 0 aliphatic carbocycles. The number of benzene rings is 1. The van der Waals surface area contributed by atoms with Crippen molar-refractivity contribution in [3.8, 4) is 0 Å². The van der Waals surface area contributed by atoms with Crippen molar-refractivity contribution in [2.75, 3.05) is 25.1 Å². The second kappa shape index (κ2) is 9.45. The van der Waals surface area contributed by atoms with Gasteiger partial charge in [-0.15, -0.1) is 0 Å². The summed E-state index contributed by atoms with van der Waals surface area (Å²) in [6, 6.07) is 8.18. The predicted molar refractivity (Wildman–Crippen MR) is 101 cm³/mol. The van der Waals surface area contributed by atoms with Gasteiger partial charge < -0.3 is 15.2 Å². The number of aromatic nitrogens is 2. The van der Waals surface area contributed by atoms with E-state index >= 15 is 0 Å². The van der Waals surface area contributed by atoms with Crippen molar-refractivity contribution < 1.29 is 0 Å². The number of guanidine groups is 1. The van der Waals surface area contributed by atoms with Crippen LogP contribution < -0.4 is 10.6 Å². The molecule has 0 amide bonds. The summed E-state index contributed by atoms with van der Waals surface area (Å²) in [7, 11) is 2.04. The van der Waals surface area contributed by atoms with Gasteiger partial charge in [-0.1, -0.05) is 12.1 Å². The summed E-state index contributed by atoms with van der Waals surface area (Å²) >= 11 is 1.90. The number of nitrogens with zero attached hydrogens (tertiary/aromatic N) is 3. The highest BCUT2D eigenvalue weighted by atomic mass is 32.2. The summed E-state index contributed by atoms with van der Waals surface area (Å²) in [6.45, 7) is 4.47. The molecule has 1 heterocycles. The molecule has 0 saturated heterocycles. The number of rotatable bonds is 8. The summed E-state index contributed by atoms with van der Waals surface area (Å²) in [5.41, 5.74) is 2.17. The molecule has 23 heavy (non-hydrogen) atoms. The van der Waals surface area contributed by atoms with E-state index in [2.05, 4.69) is 44.4 Å². The van der Waals surface area contributed by atoms with Gasteiger partial charge in [0.05, 0.1) is 11.0 Å². The van der Waals surface area contributed by atoms with E-state index in [4.69, 9.17) is 0 Å². The molecule has 1 aromatic heterocycles. The van der Waals surface area contributed by atoms with E-state index in [-0.39, 0.29) is 0 Å². The monoisotopic (exact) mass is 333 g/mol. The van der Waals surface area contributed by atoms with Crippen molar-refractivity contribution in [1.29, 1.82) is 0 Å². The van der Waals surface area contributed by atoms with Crippen LogP contribution in [-0.2, 0) is 13.6 Å². The Balaban J connectivity index is 1.96. The number of fused-ring (bicyclic) bond motifs is 1. The molecule has 0 aliphatic heterocycles. The van der Waals surface area contributed by atoms with Gasteiger partial charge in [0.1, 0.15) is 12.4 Å². The molecule has 0 unspecified atom stereocenters. The number of aliphatic imine (C=N–C) groups is 1. The lowest BCUT2D eigenvalue weighted by Crippen LogP contribution is -2.37. The van der Waals surface area contributed by atoms with Crippen molar-refractivity contribution in [3.63, 3.8) is 0 Å². The minimum atomic E-state index is 0.575. The Morgan fingerprint density at radius 3 is 2.83 bits per heavy atom. The lowest BCUT2D eigenvalue weighted by Gasteiger charge is -2.11. The van der Waals surface area contributed by atoms with Crippen LogP contribution in [0, 0.1) is 0 Å². The van der Waals surface area contributed by atoms with Crippen molar-refractivity contribution in [2.24, 2.45) is 12.0 Å². The maximum atomic E-state index is 4.66. The number of hydrogen-bond donors (Lipinski definition) is 2. The zero-order valence-electron chi connectivity index (χ0n) is 14.3. The number of hydrogen-bond acceptors (Lipinski definition) is 3. The second-order valence-electron chi connectivity index (χ2n) is 5.40. The Bertz CT molecular complexity index is 635. The average Bonchev–Trinajstić information content (AvgIpc) is 2.89. The number of para-hydroxylation sites is 2. The van der Waals surface area contributed by atoms with Crippen LogP contribution in [0.5, 0.6) is 0 Å². The number of imidazole rings is 1. The molecule has 0 fully saturated rings. The summed E-state index contributed by atoms with van der Waals surface area (Å²) in [6.07, 6.45) is 4.55. The third-order valence-corrected chi connectivity index (χ3v) is 4.37. The van der Waals surface area contributed by atoms with Crippen LogP contribution in [0.4, 0.5) is 0 Å². The smallest absolute Gasteiger partial charge is 0.191 e. The van der Waals surface area contributed by atoms with Gasteiger partial charge in [-0.3, -0.25) is 0 Å². The molecule has 0 aliphatic rings. The first-order valence-corrected chi connectivity index (χ1v) is 9.57. The molecule has 6 heteroatoms. The van der Waals surface area contributed by atoms with E-state index in [1.165, 1.54) is 12.2 Å². The normalized spacial score (nSPS) is 11.9. The first kappa shape index (κ1) is 17.7. The third-order valence-electron chi connectivity index (χ3n) is 3.67. The fourth-order valence-electron chi connectivity index (χ4n) is 2.41. The fraction of sp³-hybridized carbons (Fsp3) is 0.529. The van der Waals surface area contributed by atoms with Gasteiger partial charge in [0.15, 0.2) is 5.96 Å². The highest BCUT2D eigenvalue weighted by molar-refractivity contribution is 7.98. The average molecular weight is 334 g/mol. The van der Waals surface area contributed by atoms with E-state index in [1.54, 1.807) is 0 Å². The van der Waals surface area contributed by atoms with E-state index in [9.17, 15) is 0 Å². The predicted octanol–water partition coefficient (Wildman–Crippen LogP) is 2.77. The molecule has 0 atom stereocenters. The van der Waals surface area contributed by atoms with Crippen LogP contribution in [0.2, 0.25) is 0 Å². The number of nitrogens with one attached hydrogen (secondary N) is 2. The molecule has 2 rings (SSSR count). The van der Waals surface area contributed by atoms with Crippen LogP contribution in [0.15, 0.2) is 29.3 Å². The molecular formula is C17H27N5S. The molecule has 0 bridgehead atoms. The van der Waals surface area contributed by atoms with Gasteiger partial charge in [-0.2, -0.15) is 11.8 Å². The molecule has 0 radical (unpaired) electrons. The molecule has 2 N–H and O–H groups in total. The maximum absolute atomic E-state index is 4.66. The highest BCUT2D eigenvalue weighted by Crippen LogP contribution is 2.14. The lowest BCUT2D eigenvalue weighted by molar-refractivity contribution is 0.728. The molecule has 0 spiro atoms. The van der Waals surface area contributed by atoms with Crippen molar-refractivity contribution in [2.45, 2.75) is 26.3 Å². The van der Waals surface area contributed by atoms with E-state index in [0.29, 0.717) is 6.54 Å². The Kier molecular flexibility index (Phi) is 7.26. The minimum Gasteiger partial charge on any atom is -0.357 e. The zero-order valence-corrected chi connectivity index (χ0v) is 15.1. The Hall–Kier alpha value is -1.69. The first-order valence-electron chi connectivity index (χ1n) is 8.17. The summed E-state index contributed by atoms with van der Waals surface area (Å²) in [4.78, 5) is 9.33. The molecule has 126 valence electrons. The Labute approximate surface area is 143 Å². The molecule has 1 aromatic carbocycles. The molecular weight excluding hydrogens is 306 g/mol. The van der Waals surface area contributed by atoms with Crippen molar-refractivity contribution in [1.82, 2.24) is 20.2 Å². The van der Waals surface area contributed by atoms with Gasteiger partial charge in [-0.25, -0.2) is 9.98 Å². The third kappa shape index (κ3) is 5.16. The Morgan fingerprint density at radius 1 is 1.26 bits per heavy atom. The summed E-state index contributed by atoms with van der Waals surface area (Å²) < 4.78 is 2.11. The van der Waals surface area contributed by atoms with Gasteiger partial charge in [0, 0.05) is 20.1 Å². The van der Waals surface area contributed by atoms with Crippen molar-refractivity contribution in [3.05, 3.63) is 30.1 Å². The highest BCUT2D eigenvalue weighted by Gasteiger charge is 2.06. The van der Waals surface area contributed by atoms with Crippen molar-refractivity contribution >= 4 is 28.8 Å². The van der Waals surface area contributed by atoms with Crippen LogP contribution in [0.3, 0.4) is 0 Å². The number of thioether (sulfide) groups is 1. The van der Waals surface area contributed by atoms with Crippen LogP contribution in [0.25, 0.3) is 11.0 Å². The largest absolute Gasteiger partial charge is 0.357 e. The summed E-state index contributed by atoms with van der Waals surface area (Å²) in [5.74, 6) is 3.06. The molecule has 0 saturated carbocycles. The minimum absolute atomic E-state index is 0.575. The molecule has 2 aromatic rings. The van der Waals surface area contributed by atoms with E-state index in [1.807, 2.05) is 37.0 Å². The number of aryl methyl sites for hydroxylation is 1. The molecule has 5 nitrogen and oxygen atoms in total. The van der Waals surface area contributed by atoms with E-state index < -0.39 is 0 Å². The second-order valence-corrected chi connectivity index (χ2v) is 6.38. The van der Waals surface area contributed by atoms with Gasteiger partial charge >= 0.3 is 0 Å². The zero-order chi connectivity index (χ0) is 16.5. The standard InChI is InChI=1S/C17H27N5S/c1-4-18-17(19-11-7-8-12-23-3)20-13-16-21-14-9-5-6-10-15(14)22(16)2/h5-6,9-10H,4,7-8,11-13H2,1-3H3,(H2,18,19,20). The van der Waals surface area contributed by atoms with E-state index in [0.717, 1.165) is 42.3 Å². The SMILES string of the molecule is CCNC(=NCc1nc2ccccc2n1C)NCCCCSC. The summed E-state index contributed by atoms with van der Waals surface area (Å²) in [5, 5.41) is 6.69. The first-order chi connectivity index (χ1) is 11.3. The topological polar surface area (TPSA) is 54.2 Å². The Morgan fingerprint density at radius 2 is 2.09 bits per heavy atom.